The van der Waals surface area contributed by atoms with Crippen LogP contribution in [0.2, 0.25) is 0 Å². The highest BCUT2D eigenvalue weighted by atomic mass is 32.2. The number of aliphatic hydroxyl groups is 3. The lowest BCUT2D eigenvalue weighted by Crippen LogP contribution is -2.33. The number of hydrogen-bond donors (Lipinski definition) is 3. The highest BCUT2D eigenvalue weighted by molar-refractivity contribution is 7.98. The van der Waals surface area contributed by atoms with E-state index in [9.17, 15) is 10.2 Å². The number of hydrogen-bond acceptors (Lipinski definition) is 8. The minimum atomic E-state index is -1.16. The van der Waals surface area contributed by atoms with Crippen molar-refractivity contribution in [1.82, 2.24) is 19.5 Å². The molecule has 1 fully saturated rings. The molecule has 0 amide bonds. The van der Waals surface area contributed by atoms with Gasteiger partial charge in [-0.05, 0) is 6.26 Å². The van der Waals surface area contributed by atoms with Crippen molar-refractivity contribution in [3.8, 4) is 0 Å². The highest BCUT2D eigenvalue weighted by Gasteiger charge is 2.43. The molecular formula is C11H14N4O4S. The van der Waals surface area contributed by atoms with E-state index in [4.69, 9.17) is 9.84 Å². The Hall–Kier alpha value is -1.26. The van der Waals surface area contributed by atoms with Gasteiger partial charge in [0.05, 0.1) is 12.9 Å². The molecule has 3 N–H and O–H groups in total. The topological polar surface area (TPSA) is 114 Å². The maximum atomic E-state index is 10.0. The highest BCUT2D eigenvalue weighted by Crippen LogP contribution is 2.32. The fraction of sp³-hybridized carbons (Fsp3) is 0.545. The van der Waals surface area contributed by atoms with Crippen LogP contribution in [0.1, 0.15) is 6.23 Å². The van der Waals surface area contributed by atoms with E-state index in [2.05, 4.69) is 15.0 Å². The first kappa shape index (κ1) is 13.7. The van der Waals surface area contributed by atoms with E-state index in [-0.39, 0.29) is 6.61 Å². The van der Waals surface area contributed by atoms with Gasteiger partial charge in [0.15, 0.2) is 11.9 Å². The van der Waals surface area contributed by atoms with Crippen LogP contribution in [-0.2, 0) is 4.74 Å². The molecule has 0 bridgehead atoms. The summed E-state index contributed by atoms with van der Waals surface area (Å²) in [6.45, 7) is -0.369. The normalized spacial score (nSPS) is 30.2. The van der Waals surface area contributed by atoms with Crippen LogP contribution in [0, 0.1) is 0 Å². The zero-order valence-electron chi connectivity index (χ0n) is 10.6. The minimum absolute atomic E-state index is 0.369. The SMILES string of the molecule is CSc1ncnc2c1ncn2[C@@H]1O[C@H](CO)[C@@H](O)[C@@H]1O. The van der Waals surface area contributed by atoms with E-state index in [1.54, 1.807) is 4.57 Å². The van der Waals surface area contributed by atoms with Crippen molar-refractivity contribution in [3.05, 3.63) is 12.7 Å². The number of rotatable bonds is 3. The second kappa shape index (κ2) is 5.26. The van der Waals surface area contributed by atoms with Gasteiger partial charge in [0.25, 0.3) is 0 Å². The number of fused-ring (bicyclic) bond motifs is 1. The molecule has 0 aromatic carbocycles. The van der Waals surface area contributed by atoms with Crippen LogP contribution in [0.4, 0.5) is 0 Å². The molecule has 1 aliphatic heterocycles. The summed E-state index contributed by atoms with van der Waals surface area (Å²) < 4.78 is 7.01. The number of aromatic nitrogens is 4. The Labute approximate surface area is 118 Å². The molecule has 1 saturated heterocycles. The van der Waals surface area contributed by atoms with Gasteiger partial charge in [0, 0.05) is 0 Å². The van der Waals surface area contributed by atoms with Gasteiger partial charge < -0.3 is 20.1 Å². The van der Waals surface area contributed by atoms with Gasteiger partial charge >= 0.3 is 0 Å². The number of nitrogens with zero attached hydrogens (tertiary/aromatic N) is 4. The number of aliphatic hydroxyl groups excluding tert-OH is 3. The molecule has 3 rings (SSSR count). The molecule has 8 nitrogen and oxygen atoms in total. The van der Waals surface area contributed by atoms with E-state index in [1.165, 1.54) is 24.4 Å². The lowest BCUT2D eigenvalue weighted by atomic mass is 10.1. The zero-order valence-corrected chi connectivity index (χ0v) is 11.4. The third-order valence-electron chi connectivity index (χ3n) is 3.31. The maximum absolute atomic E-state index is 10.0. The van der Waals surface area contributed by atoms with Crippen LogP contribution in [0.15, 0.2) is 17.7 Å². The van der Waals surface area contributed by atoms with Gasteiger partial charge in [-0.1, -0.05) is 0 Å². The molecule has 2 aromatic heterocycles. The summed E-state index contributed by atoms with van der Waals surface area (Å²) >= 11 is 1.44. The number of ether oxygens (including phenoxy) is 1. The third-order valence-corrected chi connectivity index (χ3v) is 4.00. The second-order valence-corrected chi connectivity index (χ2v) is 5.23. The van der Waals surface area contributed by atoms with Crippen molar-refractivity contribution >= 4 is 22.9 Å². The van der Waals surface area contributed by atoms with Crippen LogP contribution >= 0.6 is 11.8 Å². The van der Waals surface area contributed by atoms with Crippen LogP contribution in [-0.4, -0.2) is 66.0 Å². The smallest absolute Gasteiger partial charge is 0.166 e. The molecule has 0 saturated carbocycles. The predicted molar refractivity (Wildman–Crippen MR) is 70.1 cm³/mol. The van der Waals surface area contributed by atoms with Crippen molar-refractivity contribution in [2.45, 2.75) is 29.6 Å². The third kappa shape index (κ3) is 1.98. The van der Waals surface area contributed by atoms with E-state index >= 15 is 0 Å². The molecule has 4 atom stereocenters. The summed E-state index contributed by atoms with van der Waals surface area (Å²) in [4.78, 5) is 12.5. The van der Waals surface area contributed by atoms with Crippen LogP contribution in [0.25, 0.3) is 11.2 Å². The van der Waals surface area contributed by atoms with Crippen LogP contribution in [0.5, 0.6) is 0 Å². The Balaban J connectivity index is 2.03. The summed E-state index contributed by atoms with van der Waals surface area (Å²) in [5.74, 6) is 0. The summed E-state index contributed by atoms with van der Waals surface area (Å²) in [5.41, 5.74) is 1.12. The fourth-order valence-electron chi connectivity index (χ4n) is 2.28. The maximum Gasteiger partial charge on any atom is 0.166 e. The monoisotopic (exact) mass is 298 g/mol. The van der Waals surface area contributed by atoms with Gasteiger partial charge in [-0.25, -0.2) is 15.0 Å². The first-order chi connectivity index (χ1) is 9.67. The van der Waals surface area contributed by atoms with Gasteiger partial charge in [-0.2, -0.15) is 0 Å². The number of imidazole rings is 1. The molecule has 108 valence electrons. The molecule has 2 aromatic rings. The Morgan fingerprint density at radius 3 is 2.75 bits per heavy atom. The molecule has 20 heavy (non-hydrogen) atoms. The average molecular weight is 298 g/mol. The van der Waals surface area contributed by atoms with Gasteiger partial charge in [-0.15, -0.1) is 11.8 Å². The first-order valence-electron chi connectivity index (χ1n) is 6.01. The average Bonchev–Trinajstić information content (AvgIpc) is 3.01. The van der Waals surface area contributed by atoms with E-state index in [0.29, 0.717) is 11.2 Å². The lowest BCUT2D eigenvalue weighted by molar-refractivity contribution is -0.0511. The largest absolute Gasteiger partial charge is 0.394 e. The molecule has 0 aliphatic carbocycles. The van der Waals surface area contributed by atoms with E-state index in [1.807, 2.05) is 6.26 Å². The standard InChI is InChI=1S/C11H14N4O4S/c1-20-10-6-9(12-3-13-10)15(4-14-6)11-8(18)7(17)5(2-16)19-11/h3-5,7-8,11,16-18H,2H2,1H3/t5-,7-,8+,11-/m1/s1. The Morgan fingerprint density at radius 2 is 2.10 bits per heavy atom. The molecule has 0 spiro atoms. The Morgan fingerprint density at radius 1 is 1.30 bits per heavy atom. The van der Waals surface area contributed by atoms with Crippen molar-refractivity contribution in [1.29, 1.82) is 0 Å². The van der Waals surface area contributed by atoms with Gasteiger partial charge in [0.2, 0.25) is 0 Å². The summed E-state index contributed by atoms with van der Waals surface area (Å²) in [5, 5.41) is 29.7. The van der Waals surface area contributed by atoms with Crippen molar-refractivity contribution in [3.63, 3.8) is 0 Å². The molecule has 9 heteroatoms. The predicted octanol–water partition coefficient (Wildman–Crippen LogP) is -0.840. The second-order valence-electron chi connectivity index (χ2n) is 4.44. The molecule has 0 radical (unpaired) electrons. The van der Waals surface area contributed by atoms with E-state index in [0.717, 1.165) is 5.03 Å². The zero-order chi connectivity index (χ0) is 14.3. The molecule has 3 heterocycles. The lowest BCUT2D eigenvalue weighted by Gasteiger charge is -2.16. The van der Waals surface area contributed by atoms with Crippen LogP contribution in [0.3, 0.4) is 0 Å². The molecular weight excluding hydrogens is 284 g/mol. The summed E-state index contributed by atoms with van der Waals surface area (Å²) in [6.07, 6.45) is 0.813. The van der Waals surface area contributed by atoms with Gasteiger partial charge in [-0.3, -0.25) is 4.57 Å². The van der Waals surface area contributed by atoms with Crippen molar-refractivity contribution in [2.24, 2.45) is 0 Å². The molecule has 0 unspecified atom stereocenters. The Bertz CT molecular complexity index is 621. The quantitative estimate of drug-likeness (QED) is 0.496. The Kier molecular flexibility index (Phi) is 3.61. The minimum Gasteiger partial charge on any atom is -0.394 e. The van der Waals surface area contributed by atoms with Crippen LogP contribution < -0.4 is 0 Å². The fourth-order valence-corrected chi connectivity index (χ4v) is 2.77. The van der Waals surface area contributed by atoms with Crippen molar-refractivity contribution in [2.75, 3.05) is 12.9 Å². The van der Waals surface area contributed by atoms with E-state index < -0.39 is 24.5 Å². The summed E-state index contributed by atoms with van der Waals surface area (Å²) in [6, 6.07) is 0. The first-order valence-corrected chi connectivity index (χ1v) is 7.23. The molecule has 1 aliphatic rings. The van der Waals surface area contributed by atoms with Gasteiger partial charge in [0.1, 0.15) is 35.2 Å². The summed E-state index contributed by atoms with van der Waals surface area (Å²) in [7, 11) is 0. The van der Waals surface area contributed by atoms with Crippen molar-refractivity contribution < 1.29 is 20.1 Å². The number of thioether (sulfide) groups is 1.